The smallest absolute Gasteiger partial charge is 0.151 e. The summed E-state index contributed by atoms with van der Waals surface area (Å²) in [4.78, 5) is 4.17. The SMILES string of the molecule is c1ccc([C@H]2NCCO2)nc1. The Morgan fingerprint density at radius 3 is 3.18 bits per heavy atom. The molecule has 1 aromatic heterocycles. The summed E-state index contributed by atoms with van der Waals surface area (Å²) in [6.07, 6.45) is 1.79. The average Bonchev–Trinajstić information content (AvgIpc) is 2.58. The van der Waals surface area contributed by atoms with E-state index in [2.05, 4.69) is 10.3 Å². The van der Waals surface area contributed by atoms with Gasteiger partial charge < -0.3 is 4.74 Å². The van der Waals surface area contributed by atoms with Gasteiger partial charge in [0.05, 0.1) is 12.3 Å². The quantitative estimate of drug-likeness (QED) is 0.640. The Kier molecular flexibility index (Phi) is 1.83. The van der Waals surface area contributed by atoms with Crippen molar-refractivity contribution in [1.29, 1.82) is 0 Å². The zero-order valence-electron chi connectivity index (χ0n) is 6.16. The van der Waals surface area contributed by atoms with Gasteiger partial charge in [-0.3, -0.25) is 10.3 Å². The summed E-state index contributed by atoms with van der Waals surface area (Å²) in [5, 5.41) is 3.19. The predicted octanol–water partition coefficient (Wildman–Crippen LogP) is 0.700. The molecule has 58 valence electrons. The Morgan fingerprint density at radius 2 is 2.55 bits per heavy atom. The zero-order chi connectivity index (χ0) is 7.52. The van der Waals surface area contributed by atoms with Crippen LogP contribution in [0.1, 0.15) is 11.9 Å². The van der Waals surface area contributed by atoms with Crippen LogP contribution in [0.3, 0.4) is 0 Å². The summed E-state index contributed by atoms with van der Waals surface area (Å²) in [5.74, 6) is 0. The van der Waals surface area contributed by atoms with Crippen molar-refractivity contribution >= 4 is 0 Å². The molecule has 0 unspecified atom stereocenters. The standard InChI is InChI=1S/C8H10N2O/c1-2-4-9-7(3-1)8-10-5-6-11-8/h1-4,8,10H,5-6H2/t8-/m0/s1. The fraction of sp³-hybridized carbons (Fsp3) is 0.375. The second kappa shape index (κ2) is 2.98. The molecule has 0 aromatic carbocycles. The number of rotatable bonds is 1. The van der Waals surface area contributed by atoms with Crippen LogP contribution in [0, 0.1) is 0 Å². The highest BCUT2D eigenvalue weighted by molar-refractivity contribution is 5.06. The van der Waals surface area contributed by atoms with Crippen molar-refractivity contribution in [3.8, 4) is 0 Å². The van der Waals surface area contributed by atoms with Crippen LogP contribution >= 0.6 is 0 Å². The lowest BCUT2D eigenvalue weighted by atomic mass is 10.3. The molecule has 1 aliphatic rings. The van der Waals surface area contributed by atoms with E-state index >= 15 is 0 Å². The van der Waals surface area contributed by atoms with Gasteiger partial charge >= 0.3 is 0 Å². The van der Waals surface area contributed by atoms with Gasteiger partial charge in [0.25, 0.3) is 0 Å². The van der Waals surface area contributed by atoms with E-state index in [0.717, 1.165) is 18.8 Å². The number of ether oxygens (including phenoxy) is 1. The summed E-state index contributed by atoms with van der Waals surface area (Å²) in [6, 6.07) is 5.83. The van der Waals surface area contributed by atoms with Crippen LogP contribution in [0.2, 0.25) is 0 Å². The molecule has 2 heterocycles. The molecule has 1 N–H and O–H groups in total. The molecule has 1 atom stereocenters. The molecule has 0 bridgehead atoms. The summed E-state index contributed by atoms with van der Waals surface area (Å²) in [5.41, 5.74) is 0.963. The molecule has 0 saturated carbocycles. The number of pyridine rings is 1. The number of hydrogen-bond donors (Lipinski definition) is 1. The number of nitrogens with one attached hydrogen (secondary N) is 1. The van der Waals surface area contributed by atoms with Crippen molar-refractivity contribution in [1.82, 2.24) is 10.3 Å². The molecule has 0 amide bonds. The normalized spacial score (nSPS) is 23.8. The van der Waals surface area contributed by atoms with Crippen molar-refractivity contribution in [2.75, 3.05) is 13.2 Å². The Labute approximate surface area is 65.4 Å². The summed E-state index contributed by atoms with van der Waals surface area (Å²) < 4.78 is 5.37. The molecule has 0 aliphatic carbocycles. The lowest BCUT2D eigenvalue weighted by Crippen LogP contribution is -2.14. The van der Waals surface area contributed by atoms with Gasteiger partial charge in [-0.1, -0.05) is 6.07 Å². The molecule has 1 aromatic rings. The van der Waals surface area contributed by atoms with Crippen molar-refractivity contribution < 1.29 is 4.74 Å². The van der Waals surface area contributed by atoms with Crippen LogP contribution in [-0.4, -0.2) is 18.1 Å². The first kappa shape index (κ1) is 6.76. The highest BCUT2D eigenvalue weighted by Crippen LogP contribution is 2.13. The third-order valence-electron chi connectivity index (χ3n) is 1.67. The van der Waals surface area contributed by atoms with E-state index in [-0.39, 0.29) is 6.23 Å². The van der Waals surface area contributed by atoms with Crippen LogP contribution < -0.4 is 5.32 Å². The van der Waals surface area contributed by atoms with Crippen LogP contribution in [-0.2, 0) is 4.74 Å². The monoisotopic (exact) mass is 150 g/mol. The largest absolute Gasteiger partial charge is 0.356 e. The van der Waals surface area contributed by atoms with Gasteiger partial charge in [-0.15, -0.1) is 0 Å². The Hall–Kier alpha value is -0.930. The second-order valence-electron chi connectivity index (χ2n) is 2.46. The molecule has 2 rings (SSSR count). The number of hydrogen-bond acceptors (Lipinski definition) is 3. The summed E-state index contributed by atoms with van der Waals surface area (Å²) in [7, 11) is 0. The highest BCUT2D eigenvalue weighted by atomic mass is 16.5. The molecule has 0 radical (unpaired) electrons. The topological polar surface area (TPSA) is 34.1 Å². The van der Waals surface area contributed by atoms with Crippen molar-refractivity contribution in [2.24, 2.45) is 0 Å². The van der Waals surface area contributed by atoms with E-state index in [1.165, 1.54) is 0 Å². The van der Waals surface area contributed by atoms with Crippen LogP contribution in [0.5, 0.6) is 0 Å². The van der Waals surface area contributed by atoms with E-state index in [4.69, 9.17) is 4.74 Å². The highest BCUT2D eigenvalue weighted by Gasteiger charge is 2.16. The summed E-state index contributed by atoms with van der Waals surface area (Å²) >= 11 is 0. The van der Waals surface area contributed by atoms with Crippen molar-refractivity contribution in [3.63, 3.8) is 0 Å². The van der Waals surface area contributed by atoms with E-state index in [9.17, 15) is 0 Å². The van der Waals surface area contributed by atoms with Crippen LogP contribution in [0.15, 0.2) is 24.4 Å². The third kappa shape index (κ3) is 1.39. The molecular weight excluding hydrogens is 140 g/mol. The van der Waals surface area contributed by atoms with Crippen LogP contribution in [0.25, 0.3) is 0 Å². The maximum atomic E-state index is 5.37. The first-order chi connectivity index (χ1) is 5.47. The van der Waals surface area contributed by atoms with Crippen molar-refractivity contribution in [3.05, 3.63) is 30.1 Å². The fourth-order valence-electron chi connectivity index (χ4n) is 1.15. The first-order valence-electron chi connectivity index (χ1n) is 3.73. The Bertz CT molecular complexity index is 219. The van der Waals surface area contributed by atoms with Gasteiger partial charge in [0.1, 0.15) is 0 Å². The lowest BCUT2D eigenvalue weighted by Gasteiger charge is -2.07. The molecule has 1 aliphatic heterocycles. The summed E-state index contributed by atoms with van der Waals surface area (Å²) in [6.45, 7) is 1.70. The van der Waals surface area contributed by atoms with Gasteiger partial charge in [-0.2, -0.15) is 0 Å². The maximum Gasteiger partial charge on any atom is 0.151 e. The molecule has 3 nitrogen and oxygen atoms in total. The first-order valence-corrected chi connectivity index (χ1v) is 3.73. The van der Waals surface area contributed by atoms with Gasteiger partial charge in [0.15, 0.2) is 6.23 Å². The van der Waals surface area contributed by atoms with Gasteiger partial charge in [-0.25, -0.2) is 0 Å². The molecular formula is C8H10N2O. The minimum absolute atomic E-state index is 0.0104. The van der Waals surface area contributed by atoms with E-state index < -0.39 is 0 Å². The maximum absolute atomic E-state index is 5.37. The molecule has 11 heavy (non-hydrogen) atoms. The zero-order valence-corrected chi connectivity index (χ0v) is 6.16. The van der Waals surface area contributed by atoms with Gasteiger partial charge in [-0.05, 0) is 12.1 Å². The van der Waals surface area contributed by atoms with Gasteiger partial charge in [0, 0.05) is 12.7 Å². The van der Waals surface area contributed by atoms with E-state index in [1.807, 2.05) is 18.2 Å². The minimum atomic E-state index is 0.0104. The van der Waals surface area contributed by atoms with Crippen LogP contribution in [0.4, 0.5) is 0 Å². The molecule has 3 heteroatoms. The number of aromatic nitrogens is 1. The average molecular weight is 150 g/mol. The second-order valence-corrected chi connectivity index (χ2v) is 2.46. The predicted molar refractivity (Wildman–Crippen MR) is 40.9 cm³/mol. The minimum Gasteiger partial charge on any atom is -0.356 e. The molecule has 1 fully saturated rings. The fourth-order valence-corrected chi connectivity index (χ4v) is 1.15. The lowest BCUT2D eigenvalue weighted by molar-refractivity contribution is 0.0985. The third-order valence-corrected chi connectivity index (χ3v) is 1.67. The Morgan fingerprint density at radius 1 is 1.55 bits per heavy atom. The van der Waals surface area contributed by atoms with E-state index in [1.54, 1.807) is 6.20 Å². The molecule has 0 spiro atoms. The van der Waals surface area contributed by atoms with Gasteiger partial charge in [0.2, 0.25) is 0 Å². The number of nitrogens with zero attached hydrogens (tertiary/aromatic N) is 1. The Balaban J connectivity index is 2.16. The molecule has 1 saturated heterocycles. The van der Waals surface area contributed by atoms with E-state index in [0.29, 0.717) is 0 Å². The van der Waals surface area contributed by atoms with Crippen molar-refractivity contribution in [2.45, 2.75) is 6.23 Å².